The molecular weight excluding hydrogens is 369 g/mol. The van der Waals surface area contributed by atoms with Crippen molar-refractivity contribution in [3.8, 4) is 11.3 Å². The van der Waals surface area contributed by atoms with Crippen LogP contribution in [0.4, 0.5) is 9.18 Å². The molecule has 3 aromatic rings. The summed E-state index contributed by atoms with van der Waals surface area (Å²) in [7, 11) is 0. The molecule has 1 N–H and O–H groups in total. The highest BCUT2D eigenvalue weighted by atomic mass is 19.1. The maximum atomic E-state index is 13.2. The molecule has 0 spiro atoms. The summed E-state index contributed by atoms with van der Waals surface area (Å²) in [5.41, 5.74) is 4.76. The minimum atomic E-state index is -0.304. The maximum Gasteiger partial charge on any atom is 0.318 e. The first kappa shape index (κ1) is 20.6. The van der Waals surface area contributed by atoms with Crippen molar-refractivity contribution in [3.05, 3.63) is 76.7 Å². The average Bonchev–Trinajstić information content (AvgIpc) is 3.10. The van der Waals surface area contributed by atoms with Crippen LogP contribution in [0.2, 0.25) is 0 Å². The van der Waals surface area contributed by atoms with Crippen molar-refractivity contribution in [1.82, 2.24) is 15.4 Å². The summed E-state index contributed by atoms with van der Waals surface area (Å²) < 4.78 is 18.7. The Hall–Kier alpha value is -3.15. The van der Waals surface area contributed by atoms with E-state index in [0.717, 1.165) is 16.7 Å². The SMILES string of the molecule is Cc1ccc(-c2cc(CN(Cc3ccc(F)cc3)C(=O)NC(C)C)no2)c(C)c1. The van der Waals surface area contributed by atoms with Gasteiger partial charge in [0.15, 0.2) is 5.76 Å². The van der Waals surface area contributed by atoms with E-state index >= 15 is 0 Å². The first-order valence-electron chi connectivity index (χ1n) is 9.65. The summed E-state index contributed by atoms with van der Waals surface area (Å²) >= 11 is 0. The van der Waals surface area contributed by atoms with Crippen LogP contribution in [0.5, 0.6) is 0 Å². The summed E-state index contributed by atoms with van der Waals surface area (Å²) in [6, 6.07) is 13.9. The Balaban J connectivity index is 1.80. The number of rotatable bonds is 6. The zero-order chi connectivity index (χ0) is 21.0. The van der Waals surface area contributed by atoms with E-state index in [1.54, 1.807) is 17.0 Å². The molecule has 0 fully saturated rings. The third kappa shape index (κ3) is 5.44. The number of hydrogen-bond donors (Lipinski definition) is 1. The molecule has 1 heterocycles. The highest BCUT2D eigenvalue weighted by Gasteiger charge is 2.18. The Morgan fingerprint density at radius 1 is 1.10 bits per heavy atom. The molecule has 0 atom stereocenters. The van der Waals surface area contributed by atoms with Gasteiger partial charge in [-0.1, -0.05) is 41.1 Å². The molecular formula is C23H26FN3O2. The van der Waals surface area contributed by atoms with Gasteiger partial charge in [-0.2, -0.15) is 0 Å². The third-order valence-corrected chi connectivity index (χ3v) is 4.55. The quantitative estimate of drug-likeness (QED) is 0.623. The highest BCUT2D eigenvalue weighted by Crippen LogP contribution is 2.25. The van der Waals surface area contributed by atoms with E-state index < -0.39 is 0 Å². The fraction of sp³-hybridized carbons (Fsp3) is 0.304. The van der Waals surface area contributed by atoms with Crippen LogP contribution in [0.1, 0.15) is 36.2 Å². The number of urea groups is 1. The Bertz CT molecular complexity index is 980. The smallest absolute Gasteiger partial charge is 0.318 e. The number of amides is 2. The van der Waals surface area contributed by atoms with Crippen LogP contribution >= 0.6 is 0 Å². The van der Waals surface area contributed by atoms with Gasteiger partial charge in [0.2, 0.25) is 0 Å². The number of aromatic nitrogens is 1. The van der Waals surface area contributed by atoms with Gasteiger partial charge >= 0.3 is 6.03 Å². The Morgan fingerprint density at radius 3 is 2.48 bits per heavy atom. The van der Waals surface area contributed by atoms with E-state index in [1.807, 2.05) is 45.9 Å². The van der Waals surface area contributed by atoms with Gasteiger partial charge < -0.3 is 14.7 Å². The molecule has 0 radical (unpaired) electrons. The standard InChI is InChI=1S/C23H26FN3O2/c1-15(2)25-23(28)27(13-18-6-8-19(24)9-7-18)14-20-12-22(29-26-20)21-10-5-16(3)11-17(21)4/h5-12,15H,13-14H2,1-4H3,(H,25,28). The normalized spacial score (nSPS) is 11.0. The van der Waals surface area contributed by atoms with Gasteiger partial charge in [0.1, 0.15) is 11.5 Å². The van der Waals surface area contributed by atoms with Crippen molar-refractivity contribution >= 4 is 6.03 Å². The van der Waals surface area contributed by atoms with Gasteiger partial charge in [0, 0.05) is 24.2 Å². The molecule has 152 valence electrons. The van der Waals surface area contributed by atoms with Gasteiger partial charge in [-0.15, -0.1) is 0 Å². The number of nitrogens with zero attached hydrogens (tertiary/aromatic N) is 2. The number of halogens is 1. The molecule has 0 aliphatic rings. The van der Waals surface area contributed by atoms with Crippen LogP contribution in [-0.2, 0) is 13.1 Å². The van der Waals surface area contributed by atoms with Crippen molar-refractivity contribution in [3.63, 3.8) is 0 Å². The molecule has 6 heteroatoms. The van der Waals surface area contributed by atoms with Crippen molar-refractivity contribution < 1.29 is 13.7 Å². The van der Waals surface area contributed by atoms with Crippen molar-refractivity contribution in [2.75, 3.05) is 0 Å². The zero-order valence-corrected chi connectivity index (χ0v) is 17.2. The number of hydrogen-bond acceptors (Lipinski definition) is 3. The summed E-state index contributed by atoms with van der Waals surface area (Å²) in [5, 5.41) is 7.06. The molecule has 0 saturated heterocycles. The number of carbonyl (C=O) groups is 1. The lowest BCUT2D eigenvalue weighted by atomic mass is 10.0. The lowest BCUT2D eigenvalue weighted by Gasteiger charge is -2.23. The number of carbonyl (C=O) groups excluding carboxylic acids is 1. The minimum Gasteiger partial charge on any atom is -0.356 e. The molecule has 0 bridgehead atoms. The summed E-state index contributed by atoms with van der Waals surface area (Å²) in [6.45, 7) is 8.50. The van der Waals surface area contributed by atoms with Crippen LogP contribution in [0.3, 0.4) is 0 Å². The molecule has 0 unspecified atom stereocenters. The maximum absolute atomic E-state index is 13.2. The van der Waals surface area contributed by atoms with Crippen LogP contribution in [0.25, 0.3) is 11.3 Å². The van der Waals surface area contributed by atoms with E-state index in [4.69, 9.17) is 4.52 Å². The molecule has 3 rings (SSSR count). The molecule has 0 aliphatic heterocycles. The fourth-order valence-electron chi connectivity index (χ4n) is 3.15. The minimum absolute atomic E-state index is 0.00120. The average molecular weight is 395 g/mol. The topological polar surface area (TPSA) is 58.4 Å². The lowest BCUT2D eigenvalue weighted by molar-refractivity contribution is 0.188. The van der Waals surface area contributed by atoms with Gasteiger partial charge in [-0.05, 0) is 51.0 Å². The van der Waals surface area contributed by atoms with E-state index in [1.165, 1.54) is 17.7 Å². The predicted octanol–water partition coefficient (Wildman–Crippen LogP) is 5.22. The molecule has 0 aliphatic carbocycles. The number of nitrogens with one attached hydrogen (secondary N) is 1. The Morgan fingerprint density at radius 2 is 1.83 bits per heavy atom. The van der Waals surface area contributed by atoms with Crippen molar-refractivity contribution in [2.24, 2.45) is 0 Å². The molecule has 0 saturated carbocycles. The van der Waals surface area contributed by atoms with E-state index in [9.17, 15) is 9.18 Å². The second kappa shape index (κ2) is 8.90. The van der Waals surface area contributed by atoms with Crippen LogP contribution < -0.4 is 5.32 Å². The Labute approximate surface area is 170 Å². The van der Waals surface area contributed by atoms with E-state index in [-0.39, 0.29) is 24.4 Å². The second-order valence-corrected chi connectivity index (χ2v) is 7.59. The lowest BCUT2D eigenvalue weighted by Crippen LogP contribution is -2.42. The number of aryl methyl sites for hydroxylation is 2. The largest absolute Gasteiger partial charge is 0.356 e. The summed E-state index contributed by atoms with van der Waals surface area (Å²) in [6.07, 6.45) is 0. The number of benzene rings is 2. The zero-order valence-electron chi connectivity index (χ0n) is 17.2. The van der Waals surface area contributed by atoms with E-state index in [0.29, 0.717) is 18.0 Å². The van der Waals surface area contributed by atoms with Gasteiger partial charge in [-0.25, -0.2) is 9.18 Å². The van der Waals surface area contributed by atoms with Crippen LogP contribution in [0, 0.1) is 19.7 Å². The monoisotopic (exact) mass is 395 g/mol. The second-order valence-electron chi connectivity index (χ2n) is 7.59. The first-order valence-corrected chi connectivity index (χ1v) is 9.65. The highest BCUT2D eigenvalue weighted by molar-refractivity contribution is 5.74. The van der Waals surface area contributed by atoms with Crippen LogP contribution in [-0.4, -0.2) is 22.1 Å². The van der Waals surface area contributed by atoms with Gasteiger partial charge in [-0.3, -0.25) is 0 Å². The summed E-state index contributed by atoms with van der Waals surface area (Å²) in [4.78, 5) is 14.3. The third-order valence-electron chi connectivity index (χ3n) is 4.55. The molecule has 2 amide bonds. The molecule has 29 heavy (non-hydrogen) atoms. The first-order chi connectivity index (χ1) is 13.8. The van der Waals surface area contributed by atoms with Gasteiger partial charge in [0.25, 0.3) is 0 Å². The van der Waals surface area contributed by atoms with Crippen molar-refractivity contribution in [2.45, 2.75) is 46.8 Å². The van der Waals surface area contributed by atoms with E-state index in [2.05, 4.69) is 16.5 Å². The summed E-state index contributed by atoms with van der Waals surface area (Å²) in [5.74, 6) is 0.366. The predicted molar refractivity (Wildman–Crippen MR) is 111 cm³/mol. The molecule has 5 nitrogen and oxygen atoms in total. The van der Waals surface area contributed by atoms with Gasteiger partial charge in [0.05, 0.1) is 6.54 Å². The Kier molecular flexibility index (Phi) is 6.32. The molecule has 1 aromatic heterocycles. The fourth-order valence-corrected chi connectivity index (χ4v) is 3.15. The molecule has 2 aromatic carbocycles. The van der Waals surface area contributed by atoms with Crippen molar-refractivity contribution in [1.29, 1.82) is 0 Å². The van der Waals surface area contributed by atoms with Crippen LogP contribution in [0.15, 0.2) is 53.1 Å².